The monoisotopic (exact) mass is 215 g/mol. The second-order valence-electron chi connectivity index (χ2n) is 2.29. The van der Waals surface area contributed by atoms with Gasteiger partial charge >= 0.3 is 0 Å². The predicted octanol–water partition coefficient (Wildman–Crippen LogP) is 1.79. The van der Waals surface area contributed by atoms with Gasteiger partial charge in [-0.25, -0.2) is 0 Å². The molecule has 0 bridgehead atoms. The van der Waals surface area contributed by atoms with Crippen LogP contribution in [0.5, 0.6) is 5.75 Å². The minimum Gasteiger partial charge on any atom is -0.508 e. The third-order valence-corrected chi connectivity index (χ3v) is 2.36. The lowest BCUT2D eigenvalue weighted by molar-refractivity contribution is 0.475. The molecule has 0 aliphatic heterocycles. The summed E-state index contributed by atoms with van der Waals surface area (Å²) in [4.78, 5) is 0.183. The van der Waals surface area contributed by atoms with Crippen LogP contribution >= 0.6 is 15.9 Å². The molecule has 0 heterocycles. The lowest BCUT2D eigenvalue weighted by atomic mass is 10.1. The Morgan fingerprint density at radius 3 is 2.36 bits per heavy atom. The first-order valence-corrected chi connectivity index (χ1v) is 4.28. The van der Waals surface area contributed by atoms with E-state index in [0.29, 0.717) is 6.54 Å². The zero-order chi connectivity index (χ0) is 8.27. The quantitative estimate of drug-likeness (QED) is 0.740. The van der Waals surface area contributed by atoms with E-state index in [1.807, 2.05) is 12.1 Å². The van der Waals surface area contributed by atoms with Gasteiger partial charge in [-0.3, -0.25) is 0 Å². The van der Waals surface area contributed by atoms with Gasteiger partial charge in [0, 0.05) is 6.54 Å². The van der Waals surface area contributed by atoms with Gasteiger partial charge in [0.05, 0.1) is 4.83 Å². The molecule has 0 spiro atoms. The summed E-state index contributed by atoms with van der Waals surface area (Å²) >= 11 is 3.40. The number of hydrogen-bond donors (Lipinski definition) is 2. The van der Waals surface area contributed by atoms with Crippen LogP contribution in [0, 0.1) is 0 Å². The molecular formula is C8H10BrNO. The Kier molecular flexibility index (Phi) is 2.91. The van der Waals surface area contributed by atoms with Gasteiger partial charge in [-0.05, 0) is 17.7 Å². The average molecular weight is 216 g/mol. The molecule has 1 atom stereocenters. The van der Waals surface area contributed by atoms with Gasteiger partial charge in [0.1, 0.15) is 5.75 Å². The van der Waals surface area contributed by atoms with E-state index in [1.165, 1.54) is 0 Å². The van der Waals surface area contributed by atoms with Crippen molar-refractivity contribution in [1.29, 1.82) is 0 Å². The highest BCUT2D eigenvalue weighted by Crippen LogP contribution is 2.22. The van der Waals surface area contributed by atoms with Gasteiger partial charge in [0.25, 0.3) is 0 Å². The van der Waals surface area contributed by atoms with Crippen LogP contribution in [0.25, 0.3) is 0 Å². The summed E-state index contributed by atoms with van der Waals surface area (Å²) in [5.74, 6) is 0.283. The van der Waals surface area contributed by atoms with Crippen molar-refractivity contribution >= 4 is 15.9 Å². The first-order chi connectivity index (χ1) is 5.24. The van der Waals surface area contributed by atoms with E-state index < -0.39 is 0 Å². The third kappa shape index (κ3) is 2.20. The molecule has 0 fully saturated rings. The Bertz CT molecular complexity index is 222. The minimum absolute atomic E-state index is 0.183. The Labute approximate surface area is 74.2 Å². The van der Waals surface area contributed by atoms with Crippen LogP contribution in [0.1, 0.15) is 10.4 Å². The maximum absolute atomic E-state index is 8.96. The summed E-state index contributed by atoms with van der Waals surface area (Å²) in [6.07, 6.45) is 0. The molecule has 0 radical (unpaired) electrons. The highest BCUT2D eigenvalue weighted by Gasteiger charge is 2.03. The number of hydrogen-bond acceptors (Lipinski definition) is 2. The lowest BCUT2D eigenvalue weighted by Crippen LogP contribution is -2.05. The molecule has 0 saturated carbocycles. The van der Waals surface area contributed by atoms with Crippen LogP contribution in [0.15, 0.2) is 24.3 Å². The molecule has 11 heavy (non-hydrogen) atoms. The molecule has 60 valence electrons. The topological polar surface area (TPSA) is 46.2 Å². The molecule has 1 aromatic rings. The van der Waals surface area contributed by atoms with Crippen molar-refractivity contribution < 1.29 is 5.11 Å². The SMILES string of the molecule is NCC(Br)c1ccc(O)cc1. The molecule has 0 aliphatic carbocycles. The summed E-state index contributed by atoms with van der Waals surface area (Å²) < 4.78 is 0. The first kappa shape index (κ1) is 8.56. The summed E-state index contributed by atoms with van der Waals surface area (Å²) in [5.41, 5.74) is 6.52. The first-order valence-electron chi connectivity index (χ1n) is 3.37. The van der Waals surface area contributed by atoms with Crippen LogP contribution in [-0.4, -0.2) is 11.7 Å². The number of alkyl halides is 1. The van der Waals surface area contributed by atoms with Crippen LogP contribution < -0.4 is 5.73 Å². The number of benzene rings is 1. The normalized spacial score (nSPS) is 12.9. The molecule has 2 nitrogen and oxygen atoms in total. The number of aromatic hydroxyl groups is 1. The molecule has 0 amide bonds. The van der Waals surface area contributed by atoms with Gasteiger partial charge in [0.2, 0.25) is 0 Å². The highest BCUT2D eigenvalue weighted by molar-refractivity contribution is 9.09. The zero-order valence-electron chi connectivity index (χ0n) is 6.00. The number of phenols is 1. The summed E-state index contributed by atoms with van der Waals surface area (Å²) in [7, 11) is 0. The number of rotatable bonds is 2. The van der Waals surface area contributed by atoms with E-state index >= 15 is 0 Å². The highest BCUT2D eigenvalue weighted by atomic mass is 79.9. The van der Waals surface area contributed by atoms with E-state index in [0.717, 1.165) is 5.56 Å². The van der Waals surface area contributed by atoms with E-state index in [2.05, 4.69) is 15.9 Å². The molecular weight excluding hydrogens is 206 g/mol. The van der Waals surface area contributed by atoms with Crippen molar-refractivity contribution in [2.45, 2.75) is 4.83 Å². The van der Waals surface area contributed by atoms with Crippen LogP contribution in [0.2, 0.25) is 0 Å². The van der Waals surface area contributed by atoms with Crippen molar-refractivity contribution in [3.63, 3.8) is 0 Å². The van der Waals surface area contributed by atoms with Crippen molar-refractivity contribution in [3.8, 4) is 5.75 Å². The second-order valence-corrected chi connectivity index (χ2v) is 3.40. The van der Waals surface area contributed by atoms with Crippen LogP contribution in [-0.2, 0) is 0 Å². The molecule has 0 saturated heterocycles. The maximum Gasteiger partial charge on any atom is 0.115 e. The summed E-state index contributed by atoms with van der Waals surface area (Å²) in [6, 6.07) is 7.00. The molecule has 3 N–H and O–H groups in total. The number of nitrogens with two attached hydrogens (primary N) is 1. The standard InChI is InChI=1S/C8H10BrNO/c9-8(5-10)6-1-3-7(11)4-2-6/h1-4,8,11H,5,10H2. The van der Waals surface area contributed by atoms with E-state index in [4.69, 9.17) is 10.8 Å². The Balaban J connectivity index is 2.81. The molecule has 0 aliphatic rings. The van der Waals surface area contributed by atoms with Crippen LogP contribution in [0.3, 0.4) is 0 Å². The lowest BCUT2D eigenvalue weighted by Gasteiger charge is -2.05. The zero-order valence-corrected chi connectivity index (χ0v) is 7.58. The largest absolute Gasteiger partial charge is 0.508 e. The van der Waals surface area contributed by atoms with Crippen molar-refractivity contribution in [2.75, 3.05) is 6.54 Å². The van der Waals surface area contributed by atoms with Gasteiger partial charge in [0.15, 0.2) is 0 Å². The maximum atomic E-state index is 8.96. The Morgan fingerprint density at radius 2 is 1.91 bits per heavy atom. The van der Waals surface area contributed by atoms with Crippen LogP contribution in [0.4, 0.5) is 0 Å². The smallest absolute Gasteiger partial charge is 0.115 e. The predicted molar refractivity (Wildman–Crippen MR) is 48.8 cm³/mol. The van der Waals surface area contributed by atoms with E-state index in [1.54, 1.807) is 12.1 Å². The van der Waals surface area contributed by atoms with E-state index in [9.17, 15) is 0 Å². The second kappa shape index (κ2) is 3.74. The molecule has 1 unspecified atom stereocenters. The summed E-state index contributed by atoms with van der Waals surface area (Å²) in [6.45, 7) is 0.560. The molecule has 3 heteroatoms. The fourth-order valence-electron chi connectivity index (χ4n) is 0.819. The number of phenolic OH excluding ortho intramolecular Hbond substituents is 1. The average Bonchev–Trinajstić information content (AvgIpc) is 2.05. The van der Waals surface area contributed by atoms with Gasteiger partial charge in [-0.1, -0.05) is 28.1 Å². The fraction of sp³-hybridized carbons (Fsp3) is 0.250. The van der Waals surface area contributed by atoms with Crippen molar-refractivity contribution in [1.82, 2.24) is 0 Å². The Morgan fingerprint density at radius 1 is 1.36 bits per heavy atom. The minimum atomic E-state index is 0.183. The molecule has 1 aromatic carbocycles. The fourth-order valence-corrected chi connectivity index (χ4v) is 1.12. The van der Waals surface area contributed by atoms with Gasteiger partial charge < -0.3 is 10.8 Å². The van der Waals surface area contributed by atoms with Gasteiger partial charge in [-0.15, -0.1) is 0 Å². The molecule has 0 aromatic heterocycles. The van der Waals surface area contributed by atoms with Crippen molar-refractivity contribution in [2.24, 2.45) is 5.73 Å². The summed E-state index contributed by atoms with van der Waals surface area (Å²) in [5, 5.41) is 8.96. The third-order valence-electron chi connectivity index (χ3n) is 1.46. The number of halogens is 1. The van der Waals surface area contributed by atoms with Gasteiger partial charge in [-0.2, -0.15) is 0 Å². The van der Waals surface area contributed by atoms with Crippen molar-refractivity contribution in [3.05, 3.63) is 29.8 Å². The van der Waals surface area contributed by atoms with E-state index in [-0.39, 0.29) is 10.6 Å². The molecule has 1 rings (SSSR count). The Hall–Kier alpha value is -0.540.